The van der Waals surface area contributed by atoms with Crippen molar-refractivity contribution >= 4 is 11.6 Å². The first-order chi connectivity index (χ1) is 9.56. The van der Waals surface area contributed by atoms with Gasteiger partial charge in [0.1, 0.15) is 0 Å². The first kappa shape index (κ1) is 15.8. The average molecular weight is 297 g/mol. The minimum absolute atomic E-state index is 0.0446. The van der Waals surface area contributed by atoms with Crippen molar-refractivity contribution in [1.29, 1.82) is 0 Å². The van der Waals surface area contributed by atoms with Gasteiger partial charge in [0, 0.05) is 11.1 Å². The van der Waals surface area contributed by atoms with Crippen molar-refractivity contribution in [2.75, 3.05) is 19.6 Å². The number of hydrogen-bond donors (Lipinski definition) is 2. The fourth-order valence-electron chi connectivity index (χ4n) is 2.88. The van der Waals surface area contributed by atoms with Crippen molar-refractivity contribution in [3.63, 3.8) is 0 Å². The number of aliphatic hydroxyl groups is 1. The van der Waals surface area contributed by atoms with Gasteiger partial charge in [-0.25, -0.2) is 0 Å². The molecule has 2 unspecified atom stereocenters. The Morgan fingerprint density at radius 1 is 1.40 bits per heavy atom. The first-order valence-electron chi connectivity index (χ1n) is 7.47. The molecule has 0 spiro atoms. The zero-order valence-corrected chi connectivity index (χ0v) is 12.9. The molecule has 1 heterocycles. The fraction of sp³-hybridized carbons (Fsp3) is 0.625. The molecule has 20 heavy (non-hydrogen) atoms. The zero-order valence-electron chi connectivity index (χ0n) is 12.1. The smallest absolute Gasteiger partial charge is 0.0541 e. The summed E-state index contributed by atoms with van der Waals surface area (Å²) in [6.07, 6.45) is 2.94. The Morgan fingerprint density at radius 3 is 2.70 bits per heavy atom. The van der Waals surface area contributed by atoms with Crippen molar-refractivity contribution in [1.82, 2.24) is 4.90 Å². The molecule has 1 aliphatic heterocycles. The number of hydrogen-bond acceptors (Lipinski definition) is 3. The third-order valence-corrected chi connectivity index (χ3v) is 4.58. The van der Waals surface area contributed by atoms with Crippen LogP contribution in [0.3, 0.4) is 0 Å². The summed E-state index contributed by atoms with van der Waals surface area (Å²) >= 11 is 5.99. The molecule has 112 valence electrons. The number of rotatable bonds is 5. The molecule has 2 atom stereocenters. The highest BCUT2D eigenvalue weighted by molar-refractivity contribution is 6.30. The minimum Gasteiger partial charge on any atom is -0.393 e. The van der Waals surface area contributed by atoms with Crippen LogP contribution in [0.5, 0.6) is 0 Å². The average Bonchev–Trinajstić information content (AvgIpc) is 2.45. The summed E-state index contributed by atoms with van der Waals surface area (Å²) in [7, 11) is 0. The number of benzene rings is 1. The Kier molecular flexibility index (Phi) is 5.85. The number of likely N-dealkylation sites (tertiary alicyclic amines) is 1. The lowest BCUT2D eigenvalue weighted by molar-refractivity contribution is 0.0709. The zero-order chi connectivity index (χ0) is 14.5. The lowest BCUT2D eigenvalue weighted by Crippen LogP contribution is -2.38. The summed E-state index contributed by atoms with van der Waals surface area (Å²) in [5.74, 6) is 0.466. The van der Waals surface area contributed by atoms with Crippen LogP contribution < -0.4 is 5.73 Å². The Balaban J connectivity index is 1.76. The van der Waals surface area contributed by atoms with E-state index in [1.165, 1.54) is 0 Å². The summed E-state index contributed by atoms with van der Waals surface area (Å²) in [4.78, 5) is 2.45. The summed E-state index contributed by atoms with van der Waals surface area (Å²) in [5.41, 5.74) is 7.34. The molecular formula is C16H25ClN2O. The molecule has 0 radical (unpaired) electrons. The monoisotopic (exact) mass is 296 g/mol. The molecule has 1 aromatic rings. The van der Waals surface area contributed by atoms with E-state index in [0.29, 0.717) is 5.92 Å². The molecule has 0 aromatic heterocycles. The van der Waals surface area contributed by atoms with Crippen molar-refractivity contribution < 1.29 is 5.11 Å². The van der Waals surface area contributed by atoms with E-state index < -0.39 is 0 Å². The predicted molar refractivity (Wildman–Crippen MR) is 83.8 cm³/mol. The van der Waals surface area contributed by atoms with Crippen LogP contribution in [0.4, 0.5) is 0 Å². The van der Waals surface area contributed by atoms with E-state index in [9.17, 15) is 5.11 Å². The SMILES string of the molecule is CC(O)C1CCN(CCC(N)c2cccc(Cl)c2)CC1. The van der Waals surface area contributed by atoms with Gasteiger partial charge in [0.15, 0.2) is 0 Å². The van der Waals surface area contributed by atoms with Crippen LogP contribution in [0, 0.1) is 5.92 Å². The summed E-state index contributed by atoms with van der Waals surface area (Å²) < 4.78 is 0. The number of halogens is 1. The molecule has 0 bridgehead atoms. The lowest BCUT2D eigenvalue weighted by Gasteiger charge is -2.33. The molecule has 0 saturated carbocycles. The van der Waals surface area contributed by atoms with Crippen molar-refractivity contribution in [2.24, 2.45) is 11.7 Å². The van der Waals surface area contributed by atoms with Gasteiger partial charge >= 0.3 is 0 Å². The second-order valence-electron chi connectivity index (χ2n) is 5.87. The Morgan fingerprint density at radius 2 is 2.10 bits per heavy atom. The van der Waals surface area contributed by atoms with Gasteiger partial charge in [0.2, 0.25) is 0 Å². The predicted octanol–water partition coefficient (Wildman–Crippen LogP) is 2.82. The lowest BCUT2D eigenvalue weighted by atomic mass is 9.92. The molecule has 1 saturated heterocycles. The Bertz CT molecular complexity index is 417. The van der Waals surface area contributed by atoms with Gasteiger partial charge < -0.3 is 15.7 Å². The second kappa shape index (κ2) is 7.41. The number of nitrogens with two attached hydrogens (primary N) is 1. The highest BCUT2D eigenvalue weighted by Crippen LogP contribution is 2.22. The quantitative estimate of drug-likeness (QED) is 0.878. The summed E-state index contributed by atoms with van der Waals surface area (Å²) in [6, 6.07) is 7.86. The van der Waals surface area contributed by atoms with Crippen LogP contribution in [0.2, 0.25) is 5.02 Å². The van der Waals surface area contributed by atoms with Crippen LogP contribution in [0.15, 0.2) is 24.3 Å². The molecule has 2 rings (SSSR count). The first-order valence-corrected chi connectivity index (χ1v) is 7.85. The van der Waals surface area contributed by atoms with E-state index >= 15 is 0 Å². The van der Waals surface area contributed by atoms with Gasteiger partial charge in [-0.1, -0.05) is 23.7 Å². The van der Waals surface area contributed by atoms with E-state index in [2.05, 4.69) is 4.90 Å². The second-order valence-corrected chi connectivity index (χ2v) is 6.31. The molecule has 4 heteroatoms. The largest absolute Gasteiger partial charge is 0.393 e. The molecule has 1 aromatic carbocycles. The normalized spacial score (nSPS) is 20.8. The van der Waals surface area contributed by atoms with Crippen LogP contribution in [-0.2, 0) is 0 Å². The van der Waals surface area contributed by atoms with Crippen LogP contribution in [0.1, 0.15) is 37.8 Å². The highest BCUT2D eigenvalue weighted by Gasteiger charge is 2.22. The highest BCUT2D eigenvalue weighted by atomic mass is 35.5. The topological polar surface area (TPSA) is 49.5 Å². The van der Waals surface area contributed by atoms with Gasteiger partial charge in [-0.3, -0.25) is 0 Å². The third-order valence-electron chi connectivity index (χ3n) is 4.35. The van der Waals surface area contributed by atoms with Crippen LogP contribution >= 0.6 is 11.6 Å². The molecule has 3 N–H and O–H groups in total. The van der Waals surface area contributed by atoms with Gasteiger partial charge in [-0.05, 0) is 69.4 Å². The summed E-state index contributed by atoms with van der Waals surface area (Å²) in [5, 5.41) is 10.4. The van der Waals surface area contributed by atoms with Crippen LogP contribution in [0.25, 0.3) is 0 Å². The van der Waals surface area contributed by atoms with Gasteiger partial charge in [0.25, 0.3) is 0 Å². The van der Waals surface area contributed by atoms with E-state index in [1.807, 2.05) is 31.2 Å². The number of aliphatic hydroxyl groups excluding tert-OH is 1. The third kappa shape index (κ3) is 4.45. The Labute approximate surface area is 126 Å². The molecular weight excluding hydrogens is 272 g/mol. The van der Waals surface area contributed by atoms with Gasteiger partial charge in [-0.15, -0.1) is 0 Å². The molecule has 1 fully saturated rings. The van der Waals surface area contributed by atoms with E-state index in [4.69, 9.17) is 17.3 Å². The molecule has 1 aliphatic rings. The van der Waals surface area contributed by atoms with E-state index in [1.54, 1.807) is 0 Å². The summed E-state index contributed by atoms with van der Waals surface area (Å²) in [6.45, 7) is 5.05. The van der Waals surface area contributed by atoms with Crippen molar-refractivity contribution in [2.45, 2.75) is 38.3 Å². The molecule has 3 nitrogen and oxygen atoms in total. The minimum atomic E-state index is -0.175. The van der Waals surface area contributed by atoms with Gasteiger partial charge in [0.05, 0.1) is 6.10 Å². The van der Waals surface area contributed by atoms with E-state index in [-0.39, 0.29) is 12.1 Å². The maximum Gasteiger partial charge on any atom is 0.0541 e. The van der Waals surface area contributed by atoms with E-state index in [0.717, 1.165) is 49.5 Å². The van der Waals surface area contributed by atoms with Crippen molar-refractivity contribution in [3.8, 4) is 0 Å². The maximum atomic E-state index is 9.61. The fourth-order valence-corrected chi connectivity index (χ4v) is 3.08. The standard InChI is InChI=1S/C16H25ClN2O/c1-12(20)13-5-8-19(9-6-13)10-7-16(18)14-3-2-4-15(17)11-14/h2-4,11-13,16,20H,5-10,18H2,1H3. The maximum absolute atomic E-state index is 9.61. The van der Waals surface area contributed by atoms with Crippen LogP contribution in [-0.4, -0.2) is 35.7 Å². The molecule has 0 aliphatic carbocycles. The Hall–Kier alpha value is -0.610. The van der Waals surface area contributed by atoms with Crippen molar-refractivity contribution in [3.05, 3.63) is 34.9 Å². The molecule has 0 amide bonds. The number of piperidine rings is 1. The van der Waals surface area contributed by atoms with Gasteiger partial charge in [-0.2, -0.15) is 0 Å². The number of nitrogens with zero attached hydrogens (tertiary/aromatic N) is 1.